The van der Waals surface area contributed by atoms with Crippen LogP contribution >= 0.6 is 0 Å². The molecule has 0 fully saturated rings. The standard InChI is InChI=1S/C13H15FN2O5/c1-7-6-8(2-3-9(7)14)15-13(21)16-10(12(19)20)4-5-11(17)18/h2-3,6,10H,4-5H2,1H3,(H,17,18)(H,19,20)(H2,15,16,21)/t10-/m0/s1. The molecule has 7 nitrogen and oxygen atoms in total. The first-order valence-corrected chi connectivity index (χ1v) is 6.08. The van der Waals surface area contributed by atoms with Crippen LogP contribution in [0, 0.1) is 12.7 Å². The van der Waals surface area contributed by atoms with Gasteiger partial charge in [-0.05, 0) is 37.1 Å². The molecule has 0 spiro atoms. The highest BCUT2D eigenvalue weighted by molar-refractivity contribution is 5.92. The lowest BCUT2D eigenvalue weighted by Crippen LogP contribution is -2.43. The predicted octanol–water partition coefficient (Wildman–Crippen LogP) is 1.57. The molecule has 2 amide bonds. The van der Waals surface area contributed by atoms with Gasteiger partial charge in [-0.2, -0.15) is 0 Å². The van der Waals surface area contributed by atoms with Crippen LogP contribution in [0.5, 0.6) is 0 Å². The quantitative estimate of drug-likeness (QED) is 0.636. The molecule has 0 radical (unpaired) electrons. The maximum Gasteiger partial charge on any atom is 0.326 e. The summed E-state index contributed by atoms with van der Waals surface area (Å²) in [6, 6.07) is 1.77. The van der Waals surface area contributed by atoms with Crippen LogP contribution in [0.15, 0.2) is 18.2 Å². The van der Waals surface area contributed by atoms with Crippen molar-refractivity contribution in [1.29, 1.82) is 0 Å². The molecule has 114 valence electrons. The van der Waals surface area contributed by atoms with Crippen LogP contribution in [-0.2, 0) is 9.59 Å². The SMILES string of the molecule is Cc1cc(NC(=O)N[C@@H](CCC(=O)O)C(=O)O)ccc1F. The Hall–Kier alpha value is -2.64. The smallest absolute Gasteiger partial charge is 0.326 e. The summed E-state index contributed by atoms with van der Waals surface area (Å²) in [5, 5.41) is 21.9. The van der Waals surface area contributed by atoms with Crippen LogP contribution in [0.4, 0.5) is 14.9 Å². The van der Waals surface area contributed by atoms with Gasteiger partial charge in [-0.15, -0.1) is 0 Å². The highest BCUT2D eigenvalue weighted by Crippen LogP contribution is 2.13. The zero-order valence-electron chi connectivity index (χ0n) is 11.2. The van der Waals surface area contributed by atoms with Gasteiger partial charge in [-0.1, -0.05) is 0 Å². The molecule has 0 heterocycles. The average Bonchev–Trinajstić information content (AvgIpc) is 2.38. The first kappa shape index (κ1) is 16.4. The number of hydrogen-bond donors (Lipinski definition) is 4. The minimum atomic E-state index is -1.33. The third-order valence-corrected chi connectivity index (χ3v) is 2.67. The molecule has 1 aromatic rings. The number of carboxylic acids is 2. The van der Waals surface area contributed by atoms with Crippen LogP contribution in [-0.4, -0.2) is 34.2 Å². The second-order valence-electron chi connectivity index (χ2n) is 4.39. The van der Waals surface area contributed by atoms with Gasteiger partial charge in [-0.25, -0.2) is 14.0 Å². The number of halogens is 1. The van der Waals surface area contributed by atoms with E-state index in [-0.39, 0.29) is 12.8 Å². The maximum absolute atomic E-state index is 13.1. The Morgan fingerprint density at radius 1 is 1.29 bits per heavy atom. The molecule has 8 heteroatoms. The Bertz CT molecular complexity index is 561. The van der Waals surface area contributed by atoms with E-state index < -0.39 is 29.8 Å². The number of aryl methyl sites for hydroxylation is 1. The lowest BCUT2D eigenvalue weighted by Gasteiger charge is -2.14. The van der Waals surface area contributed by atoms with Crippen molar-refractivity contribution in [3.05, 3.63) is 29.6 Å². The van der Waals surface area contributed by atoms with Gasteiger partial charge in [0.15, 0.2) is 0 Å². The molecule has 4 N–H and O–H groups in total. The van der Waals surface area contributed by atoms with Gasteiger partial charge in [0.05, 0.1) is 0 Å². The number of anilines is 1. The molecule has 0 aliphatic heterocycles. The van der Waals surface area contributed by atoms with E-state index in [1.54, 1.807) is 0 Å². The summed E-state index contributed by atoms with van der Waals surface area (Å²) in [5.74, 6) is -2.91. The summed E-state index contributed by atoms with van der Waals surface area (Å²) in [5.41, 5.74) is 0.627. The van der Waals surface area contributed by atoms with E-state index >= 15 is 0 Å². The minimum Gasteiger partial charge on any atom is -0.481 e. The van der Waals surface area contributed by atoms with Gasteiger partial charge in [0.1, 0.15) is 11.9 Å². The largest absolute Gasteiger partial charge is 0.481 e. The van der Waals surface area contributed by atoms with E-state index in [4.69, 9.17) is 10.2 Å². The molecule has 0 unspecified atom stereocenters. The number of urea groups is 1. The molecule has 21 heavy (non-hydrogen) atoms. The molecule has 0 aromatic heterocycles. The number of hydrogen-bond acceptors (Lipinski definition) is 3. The van der Waals surface area contributed by atoms with E-state index in [0.717, 1.165) is 0 Å². The number of carbonyl (C=O) groups excluding carboxylic acids is 1. The Kier molecular flexibility index (Phi) is 5.65. The van der Waals surface area contributed by atoms with E-state index in [9.17, 15) is 18.8 Å². The number of benzene rings is 1. The van der Waals surface area contributed by atoms with Gasteiger partial charge >= 0.3 is 18.0 Å². The van der Waals surface area contributed by atoms with Crippen molar-refractivity contribution < 1.29 is 29.0 Å². The first-order valence-electron chi connectivity index (χ1n) is 6.08. The van der Waals surface area contributed by atoms with Gasteiger partial charge < -0.3 is 20.8 Å². The fraction of sp³-hybridized carbons (Fsp3) is 0.308. The zero-order valence-corrected chi connectivity index (χ0v) is 11.2. The molecule has 0 aliphatic rings. The summed E-state index contributed by atoms with van der Waals surface area (Å²) in [7, 11) is 0. The van der Waals surface area contributed by atoms with Gasteiger partial charge in [0, 0.05) is 12.1 Å². The number of aliphatic carboxylic acids is 2. The van der Waals surface area contributed by atoms with E-state index in [0.29, 0.717) is 11.3 Å². The molecular formula is C13H15FN2O5. The van der Waals surface area contributed by atoms with Gasteiger partial charge in [-0.3, -0.25) is 4.79 Å². The molecule has 0 saturated carbocycles. The third kappa shape index (κ3) is 5.47. The fourth-order valence-electron chi connectivity index (χ4n) is 1.57. The molecule has 0 saturated heterocycles. The predicted molar refractivity (Wildman–Crippen MR) is 71.6 cm³/mol. The number of carbonyl (C=O) groups is 3. The number of amides is 2. The summed E-state index contributed by atoms with van der Waals surface area (Å²) in [4.78, 5) is 33.0. The summed E-state index contributed by atoms with van der Waals surface area (Å²) in [6.45, 7) is 1.52. The van der Waals surface area contributed by atoms with Crippen LogP contribution in [0.1, 0.15) is 18.4 Å². The number of rotatable bonds is 6. The van der Waals surface area contributed by atoms with Crippen molar-refractivity contribution in [3.8, 4) is 0 Å². The molecular weight excluding hydrogens is 283 g/mol. The summed E-state index contributed by atoms with van der Waals surface area (Å²) in [6.07, 6.45) is -0.618. The van der Waals surface area contributed by atoms with Crippen molar-refractivity contribution in [3.63, 3.8) is 0 Å². The molecule has 1 atom stereocenters. The van der Waals surface area contributed by atoms with Crippen LogP contribution in [0.3, 0.4) is 0 Å². The van der Waals surface area contributed by atoms with Crippen molar-refractivity contribution in [2.45, 2.75) is 25.8 Å². The van der Waals surface area contributed by atoms with E-state index in [1.165, 1.54) is 25.1 Å². The van der Waals surface area contributed by atoms with Crippen molar-refractivity contribution in [2.75, 3.05) is 5.32 Å². The third-order valence-electron chi connectivity index (χ3n) is 2.67. The van der Waals surface area contributed by atoms with Gasteiger partial charge in [0.2, 0.25) is 0 Å². The lowest BCUT2D eigenvalue weighted by atomic mass is 10.1. The average molecular weight is 298 g/mol. The monoisotopic (exact) mass is 298 g/mol. The Labute approximate surface area is 119 Å². The van der Waals surface area contributed by atoms with Crippen molar-refractivity contribution >= 4 is 23.7 Å². The molecule has 1 aromatic carbocycles. The maximum atomic E-state index is 13.1. The number of nitrogens with one attached hydrogen (secondary N) is 2. The van der Waals surface area contributed by atoms with E-state index in [2.05, 4.69) is 10.6 Å². The minimum absolute atomic E-state index is 0.236. The summed E-state index contributed by atoms with van der Waals surface area (Å²) >= 11 is 0. The second kappa shape index (κ2) is 7.22. The normalized spacial score (nSPS) is 11.5. The summed E-state index contributed by atoms with van der Waals surface area (Å²) < 4.78 is 13.1. The number of carboxylic acid groups (broad SMARTS) is 2. The van der Waals surface area contributed by atoms with Crippen LogP contribution in [0.2, 0.25) is 0 Å². The first-order chi connectivity index (χ1) is 9.79. The Morgan fingerprint density at radius 2 is 1.95 bits per heavy atom. The molecule has 1 rings (SSSR count). The topological polar surface area (TPSA) is 116 Å². The lowest BCUT2D eigenvalue weighted by molar-refractivity contribution is -0.140. The van der Waals surface area contributed by atoms with Crippen molar-refractivity contribution in [1.82, 2.24) is 5.32 Å². The van der Waals surface area contributed by atoms with E-state index in [1.807, 2.05) is 0 Å². The second-order valence-corrected chi connectivity index (χ2v) is 4.39. The molecule has 0 bridgehead atoms. The van der Waals surface area contributed by atoms with Crippen molar-refractivity contribution in [2.24, 2.45) is 0 Å². The highest BCUT2D eigenvalue weighted by Gasteiger charge is 2.20. The molecule has 0 aliphatic carbocycles. The fourth-order valence-corrected chi connectivity index (χ4v) is 1.57. The van der Waals surface area contributed by atoms with Gasteiger partial charge in [0.25, 0.3) is 0 Å². The Balaban J connectivity index is 2.62. The van der Waals surface area contributed by atoms with Crippen LogP contribution in [0.25, 0.3) is 0 Å². The highest BCUT2D eigenvalue weighted by atomic mass is 19.1. The van der Waals surface area contributed by atoms with Crippen LogP contribution < -0.4 is 10.6 Å². The zero-order chi connectivity index (χ0) is 16.0. The Morgan fingerprint density at radius 3 is 2.48 bits per heavy atom.